The van der Waals surface area contributed by atoms with Gasteiger partial charge in [-0.2, -0.15) is 8.78 Å². The summed E-state index contributed by atoms with van der Waals surface area (Å²) >= 11 is 1.38. The summed E-state index contributed by atoms with van der Waals surface area (Å²) in [6.07, 6.45) is -3.93. The molecule has 3 nitrogen and oxygen atoms in total. The maximum atomic E-state index is 14.3. The Bertz CT molecular complexity index is 532. The molecular formula is C13H15F4N3S. The monoisotopic (exact) mass is 321 g/mol. The van der Waals surface area contributed by atoms with Gasteiger partial charge >= 0.3 is 12.3 Å². The zero-order chi connectivity index (χ0) is 15.1. The first kappa shape index (κ1) is 14.9. The summed E-state index contributed by atoms with van der Waals surface area (Å²) in [7, 11) is 0. The van der Waals surface area contributed by atoms with Crippen molar-refractivity contribution in [3.05, 3.63) is 22.4 Å². The fourth-order valence-electron chi connectivity index (χ4n) is 3.02. The molecule has 2 aliphatic rings. The maximum absolute atomic E-state index is 14.3. The zero-order valence-electron chi connectivity index (χ0n) is 11.2. The van der Waals surface area contributed by atoms with Crippen molar-refractivity contribution >= 4 is 17.0 Å². The summed E-state index contributed by atoms with van der Waals surface area (Å²) in [4.78, 5) is 6.51. The van der Waals surface area contributed by atoms with E-state index in [1.807, 2.05) is 5.38 Å². The van der Waals surface area contributed by atoms with E-state index in [9.17, 15) is 17.6 Å². The molecule has 0 bridgehead atoms. The molecule has 0 spiro atoms. The highest BCUT2D eigenvalue weighted by Gasteiger charge is 2.65. The molecule has 0 radical (unpaired) electrons. The molecule has 1 fully saturated rings. The number of nitrogens with zero attached hydrogens (tertiary/aromatic N) is 2. The van der Waals surface area contributed by atoms with Crippen LogP contribution in [0.4, 0.5) is 17.6 Å². The lowest BCUT2D eigenvalue weighted by molar-refractivity contribution is -0.212. The van der Waals surface area contributed by atoms with Crippen molar-refractivity contribution in [1.29, 1.82) is 0 Å². The van der Waals surface area contributed by atoms with Crippen molar-refractivity contribution in [3.8, 4) is 0 Å². The van der Waals surface area contributed by atoms with Gasteiger partial charge in [0, 0.05) is 30.9 Å². The Balaban J connectivity index is 2.01. The van der Waals surface area contributed by atoms with E-state index in [2.05, 4.69) is 10.3 Å². The Morgan fingerprint density at radius 2 is 2.19 bits per heavy atom. The predicted molar refractivity (Wildman–Crippen MR) is 73.6 cm³/mol. The van der Waals surface area contributed by atoms with E-state index in [1.165, 1.54) is 16.2 Å². The maximum Gasteiger partial charge on any atom is 0.338 e. The van der Waals surface area contributed by atoms with Gasteiger partial charge in [-0.3, -0.25) is 15.2 Å². The van der Waals surface area contributed by atoms with E-state index in [0.717, 1.165) is 4.88 Å². The van der Waals surface area contributed by atoms with Crippen LogP contribution in [0.15, 0.2) is 22.5 Å². The number of nitrogens with one attached hydrogen (secondary N) is 1. The Hall–Kier alpha value is -0.990. The Kier molecular flexibility index (Phi) is 3.79. The standard InChI is InChI=1S/C13H15F4N3S/c14-11(15)13(16,17)12-8-9(10-2-1-7-21-10)18-3-5-20(12)6-4-19-12/h1-2,7,11,19H,3-6,8H2. The topological polar surface area (TPSA) is 27.6 Å². The summed E-state index contributed by atoms with van der Waals surface area (Å²) < 4.78 is 54.5. The van der Waals surface area contributed by atoms with Gasteiger partial charge in [0.25, 0.3) is 0 Å². The molecule has 21 heavy (non-hydrogen) atoms. The fourth-order valence-corrected chi connectivity index (χ4v) is 3.75. The molecule has 0 aromatic carbocycles. The number of aliphatic imine (C=N–C) groups is 1. The lowest BCUT2D eigenvalue weighted by Gasteiger charge is -2.42. The third kappa shape index (κ3) is 2.29. The van der Waals surface area contributed by atoms with Gasteiger partial charge in [0.1, 0.15) is 5.66 Å². The zero-order valence-corrected chi connectivity index (χ0v) is 12.0. The van der Waals surface area contributed by atoms with Crippen LogP contribution in [0.5, 0.6) is 0 Å². The van der Waals surface area contributed by atoms with Gasteiger partial charge in [-0.05, 0) is 11.4 Å². The molecule has 3 heterocycles. The summed E-state index contributed by atoms with van der Waals surface area (Å²) in [5, 5.41) is 4.47. The van der Waals surface area contributed by atoms with Crippen molar-refractivity contribution in [3.63, 3.8) is 0 Å². The number of thiophene rings is 1. The summed E-state index contributed by atoms with van der Waals surface area (Å²) in [5.41, 5.74) is -1.57. The molecule has 1 aromatic rings. The highest BCUT2D eigenvalue weighted by Crippen LogP contribution is 2.43. The molecule has 1 saturated heterocycles. The first-order valence-corrected chi connectivity index (χ1v) is 7.58. The van der Waals surface area contributed by atoms with Crippen molar-refractivity contribution in [2.24, 2.45) is 4.99 Å². The Morgan fingerprint density at radius 1 is 1.38 bits per heavy atom. The van der Waals surface area contributed by atoms with Crippen LogP contribution in [0.2, 0.25) is 0 Å². The van der Waals surface area contributed by atoms with Crippen LogP contribution in [0.25, 0.3) is 0 Å². The SMILES string of the molecule is FC(F)C(F)(F)C12CC(c3cccs3)=NCCN1CCN2. The smallest absolute Gasteiger partial charge is 0.292 e. The van der Waals surface area contributed by atoms with Crippen LogP contribution < -0.4 is 5.32 Å². The normalized spacial score (nSPS) is 27.6. The van der Waals surface area contributed by atoms with E-state index in [0.29, 0.717) is 18.8 Å². The minimum atomic E-state index is -4.13. The molecule has 1 unspecified atom stereocenters. The fraction of sp³-hybridized carbons (Fsp3) is 0.615. The Morgan fingerprint density at radius 3 is 2.86 bits per heavy atom. The van der Waals surface area contributed by atoms with E-state index in [1.54, 1.807) is 12.1 Å². The molecule has 8 heteroatoms. The molecule has 0 aliphatic carbocycles. The highest BCUT2D eigenvalue weighted by molar-refractivity contribution is 7.12. The van der Waals surface area contributed by atoms with E-state index >= 15 is 0 Å². The Labute approximate surface area is 123 Å². The predicted octanol–water partition coefficient (Wildman–Crippen LogP) is 2.44. The second kappa shape index (κ2) is 5.33. The van der Waals surface area contributed by atoms with Crippen LogP contribution in [0.1, 0.15) is 11.3 Å². The lowest BCUT2D eigenvalue weighted by Crippen LogP contribution is -2.67. The highest BCUT2D eigenvalue weighted by atomic mass is 32.1. The molecule has 3 rings (SSSR count). The number of rotatable bonds is 3. The molecule has 1 atom stereocenters. The van der Waals surface area contributed by atoms with Gasteiger partial charge in [-0.25, -0.2) is 8.78 Å². The number of halogens is 4. The van der Waals surface area contributed by atoms with Crippen molar-refractivity contribution in [1.82, 2.24) is 10.2 Å². The summed E-state index contributed by atoms with van der Waals surface area (Å²) in [6, 6.07) is 3.58. The van der Waals surface area contributed by atoms with Gasteiger partial charge in [-0.15, -0.1) is 11.3 Å². The van der Waals surface area contributed by atoms with Crippen LogP contribution >= 0.6 is 11.3 Å². The average molecular weight is 321 g/mol. The van der Waals surface area contributed by atoms with Crippen LogP contribution in [0.3, 0.4) is 0 Å². The van der Waals surface area contributed by atoms with Gasteiger partial charge in [-0.1, -0.05) is 6.07 Å². The molecule has 116 valence electrons. The first-order valence-electron chi connectivity index (χ1n) is 6.70. The molecular weight excluding hydrogens is 306 g/mol. The molecule has 0 amide bonds. The number of alkyl halides is 4. The van der Waals surface area contributed by atoms with Crippen molar-refractivity contribution < 1.29 is 17.6 Å². The first-order chi connectivity index (χ1) is 9.97. The van der Waals surface area contributed by atoms with Gasteiger partial charge < -0.3 is 0 Å². The number of fused-ring (bicyclic) bond motifs is 1. The van der Waals surface area contributed by atoms with Crippen LogP contribution in [-0.2, 0) is 0 Å². The molecule has 1 aromatic heterocycles. The van der Waals surface area contributed by atoms with Crippen molar-refractivity contribution in [2.45, 2.75) is 24.4 Å². The second-order valence-electron chi connectivity index (χ2n) is 5.18. The lowest BCUT2D eigenvalue weighted by atomic mass is 9.93. The third-order valence-corrected chi connectivity index (χ3v) is 4.98. The van der Waals surface area contributed by atoms with Crippen LogP contribution in [0, 0.1) is 0 Å². The third-order valence-electron chi connectivity index (χ3n) is 4.07. The van der Waals surface area contributed by atoms with Crippen LogP contribution in [-0.4, -0.2) is 54.8 Å². The van der Waals surface area contributed by atoms with Gasteiger partial charge in [0.2, 0.25) is 0 Å². The number of hydrogen-bond acceptors (Lipinski definition) is 4. The quantitative estimate of drug-likeness (QED) is 0.866. The van der Waals surface area contributed by atoms with Crippen molar-refractivity contribution in [2.75, 3.05) is 26.2 Å². The largest absolute Gasteiger partial charge is 0.338 e. The average Bonchev–Trinajstić information content (AvgIpc) is 3.06. The second-order valence-corrected chi connectivity index (χ2v) is 6.13. The minimum Gasteiger partial charge on any atom is -0.292 e. The number of hydrogen-bond donors (Lipinski definition) is 1. The molecule has 2 aliphatic heterocycles. The van der Waals surface area contributed by atoms with Gasteiger partial charge in [0.05, 0.1) is 12.3 Å². The minimum absolute atomic E-state index is 0.217. The van der Waals surface area contributed by atoms with E-state index in [-0.39, 0.29) is 19.5 Å². The van der Waals surface area contributed by atoms with E-state index in [4.69, 9.17) is 0 Å². The summed E-state index contributed by atoms with van der Waals surface area (Å²) in [6.45, 7) is 1.20. The van der Waals surface area contributed by atoms with E-state index < -0.39 is 18.0 Å². The summed E-state index contributed by atoms with van der Waals surface area (Å²) in [5.74, 6) is -4.13. The molecule has 0 saturated carbocycles. The van der Waals surface area contributed by atoms with Gasteiger partial charge in [0.15, 0.2) is 0 Å². The molecule has 1 N–H and O–H groups in total.